The molecule has 7 heteroatoms. The summed E-state index contributed by atoms with van der Waals surface area (Å²) in [6, 6.07) is 4.23. The summed E-state index contributed by atoms with van der Waals surface area (Å²) in [5, 5.41) is 3.17. The minimum atomic E-state index is -3.49. The van der Waals surface area contributed by atoms with Crippen LogP contribution >= 0.6 is 0 Å². The summed E-state index contributed by atoms with van der Waals surface area (Å²) in [6.45, 7) is 0.723. The standard InChI is InChI=1S/C14H21NO4S2/c1-20(16,17)12-7-8-13(14(9-12)21(2,18)19)15-10-11-5-3-4-6-11/h7-9,11,15H,3-6,10H2,1-2H3. The van der Waals surface area contributed by atoms with Gasteiger partial charge < -0.3 is 5.32 Å². The Morgan fingerprint density at radius 3 is 2.19 bits per heavy atom. The average Bonchev–Trinajstić information content (AvgIpc) is 2.87. The van der Waals surface area contributed by atoms with E-state index in [9.17, 15) is 16.8 Å². The van der Waals surface area contributed by atoms with E-state index in [1.807, 2.05) is 0 Å². The largest absolute Gasteiger partial charge is 0.384 e. The molecule has 1 aromatic carbocycles. The van der Waals surface area contributed by atoms with Gasteiger partial charge in [0.2, 0.25) is 0 Å². The van der Waals surface area contributed by atoms with Crippen molar-refractivity contribution in [2.24, 2.45) is 5.92 Å². The quantitative estimate of drug-likeness (QED) is 0.893. The molecule has 0 bridgehead atoms. The zero-order chi connectivity index (χ0) is 15.7. The minimum Gasteiger partial charge on any atom is -0.384 e. The average molecular weight is 331 g/mol. The molecule has 1 fully saturated rings. The van der Waals surface area contributed by atoms with Crippen molar-refractivity contribution in [2.45, 2.75) is 35.5 Å². The van der Waals surface area contributed by atoms with Gasteiger partial charge in [-0.2, -0.15) is 0 Å². The lowest BCUT2D eigenvalue weighted by molar-refractivity contribution is 0.578. The molecule has 0 aromatic heterocycles. The van der Waals surface area contributed by atoms with Gasteiger partial charge in [0.1, 0.15) is 0 Å². The van der Waals surface area contributed by atoms with Crippen LogP contribution in [0.1, 0.15) is 25.7 Å². The molecule has 2 rings (SSSR count). The fourth-order valence-corrected chi connectivity index (χ4v) is 4.26. The number of benzene rings is 1. The summed E-state index contributed by atoms with van der Waals surface area (Å²) in [6.07, 6.45) is 6.91. The molecule has 5 nitrogen and oxygen atoms in total. The van der Waals surface area contributed by atoms with Crippen LogP contribution in [0.4, 0.5) is 5.69 Å². The molecule has 1 aromatic rings. The van der Waals surface area contributed by atoms with Crippen molar-refractivity contribution in [3.05, 3.63) is 18.2 Å². The molecule has 1 N–H and O–H groups in total. The van der Waals surface area contributed by atoms with Crippen LogP contribution in [0, 0.1) is 5.92 Å². The van der Waals surface area contributed by atoms with Crippen molar-refractivity contribution in [1.82, 2.24) is 0 Å². The fourth-order valence-electron chi connectivity index (χ4n) is 2.65. The van der Waals surface area contributed by atoms with Crippen molar-refractivity contribution < 1.29 is 16.8 Å². The topological polar surface area (TPSA) is 80.3 Å². The first-order valence-electron chi connectivity index (χ1n) is 6.96. The molecule has 0 radical (unpaired) electrons. The highest BCUT2D eigenvalue weighted by atomic mass is 32.2. The predicted molar refractivity (Wildman–Crippen MR) is 83.1 cm³/mol. The Labute approximate surface area is 126 Å². The third-order valence-electron chi connectivity index (χ3n) is 3.84. The van der Waals surface area contributed by atoms with Crippen LogP contribution in [0.15, 0.2) is 28.0 Å². The Morgan fingerprint density at radius 1 is 1.05 bits per heavy atom. The van der Waals surface area contributed by atoms with Crippen LogP contribution in [-0.2, 0) is 19.7 Å². The molecule has 0 unspecified atom stereocenters. The summed E-state index contributed by atoms with van der Waals surface area (Å²) in [4.78, 5) is 0.0674. The van der Waals surface area contributed by atoms with E-state index in [2.05, 4.69) is 5.32 Å². The maximum absolute atomic E-state index is 11.9. The summed E-state index contributed by atoms with van der Waals surface area (Å²) >= 11 is 0. The van der Waals surface area contributed by atoms with Crippen molar-refractivity contribution in [1.29, 1.82) is 0 Å². The first-order valence-corrected chi connectivity index (χ1v) is 10.7. The number of nitrogens with one attached hydrogen (secondary N) is 1. The van der Waals surface area contributed by atoms with E-state index < -0.39 is 19.7 Å². The van der Waals surface area contributed by atoms with E-state index in [1.165, 1.54) is 25.0 Å². The van der Waals surface area contributed by atoms with Gasteiger partial charge in [0.15, 0.2) is 19.7 Å². The molecule has 118 valence electrons. The molecule has 0 atom stereocenters. The highest BCUT2D eigenvalue weighted by molar-refractivity contribution is 7.91. The van der Waals surface area contributed by atoms with Crippen LogP contribution in [-0.4, -0.2) is 35.9 Å². The van der Waals surface area contributed by atoms with Gasteiger partial charge in [-0.3, -0.25) is 0 Å². The number of hydrogen-bond acceptors (Lipinski definition) is 5. The van der Waals surface area contributed by atoms with Crippen LogP contribution in [0.5, 0.6) is 0 Å². The molecule has 1 aliphatic carbocycles. The molecule has 1 saturated carbocycles. The number of rotatable bonds is 5. The second-order valence-corrected chi connectivity index (χ2v) is 9.73. The lowest BCUT2D eigenvalue weighted by Crippen LogP contribution is -2.14. The zero-order valence-corrected chi connectivity index (χ0v) is 13.9. The molecule has 0 amide bonds. The smallest absolute Gasteiger partial charge is 0.177 e. The third kappa shape index (κ3) is 4.20. The van der Waals surface area contributed by atoms with E-state index in [0.717, 1.165) is 31.9 Å². The molecular formula is C14H21NO4S2. The van der Waals surface area contributed by atoms with Gasteiger partial charge in [-0.25, -0.2) is 16.8 Å². The minimum absolute atomic E-state index is 0.0225. The van der Waals surface area contributed by atoms with E-state index in [1.54, 1.807) is 6.07 Å². The molecule has 0 aliphatic heterocycles. The SMILES string of the molecule is CS(=O)(=O)c1ccc(NCC2CCCC2)c(S(C)(=O)=O)c1. The van der Waals surface area contributed by atoms with Gasteiger partial charge in [0.25, 0.3) is 0 Å². The summed E-state index contributed by atoms with van der Waals surface area (Å²) < 4.78 is 46.9. The third-order valence-corrected chi connectivity index (χ3v) is 6.08. The molecule has 0 spiro atoms. The Balaban J connectivity index is 2.31. The summed E-state index contributed by atoms with van der Waals surface area (Å²) in [5.74, 6) is 0.562. The molecule has 0 heterocycles. The second kappa shape index (κ2) is 5.96. The Kier molecular flexibility index (Phi) is 4.63. The van der Waals surface area contributed by atoms with Crippen molar-refractivity contribution in [3.8, 4) is 0 Å². The summed E-state index contributed by atoms with van der Waals surface area (Å²) in [5.41, 5.74) is 0.483. The van der Waals surface area contributed by atoms with Crippen molar-refractivity contribution >= 4 is 25.4 Å². The summed E-state index contributed by atoms with van der Waals surface area (Å²) in [7, 11) is -6.91. The fraction of sp³-hybridized carbons (Fsp3) is 0.571. The second-order valence-electron chi connectivity index (χ2n) is 5.73. The Hall–Kier alpha value is -1.08. The zero-order valence-electron chi connectivity index (χ0n) is 12.3. The van der Waals surface area contributed by atoms with E-state index >= 15 is 0 Å². The Bertz CT molecular complexity index is 717. The van der Waals surface area contributed by atoms with Crippen LogP contribution < -0.4 is 5.32 Å². The van der Waals surface area contributed by atoms with Crippen LogP contribution in [0.2, 0.25) is 0 Å². The highest BCUT2D eigenvalue weighted by Crippen LogP contribution is 2.28. The first kappa shape index (κ1) is 16.3. The maximum Gasteiger partial charge on any atom is 0.177 e. The van der Waals surface area contributed by atoms with Crippen LogP contribution in [0.25, 0.3) is 0 Å². The molecule has 21 heavy (non-hydrogen) atoms. The van der Waals surface area contributed by atoms with Crippen molar-refractivity contribution in [2.75, 3.05) is 24.4 Å². The van der Waals surface area contributed by atoms with Crippen LogP contribution in [0.3, 0.4) is 0 Å². The Morgan fingerprint density at radius 2 is 1.67 bits per heavy atom. The highest BCUT2D eigenvalue weighted by Gasteiger charge is 2.20. The van der Waals surface area contributed by atoms with Gasteiger partial charge in [0, 0.05) is 19.1 Å². The lowest BCUT2D eigenvalue weighted by Gasteiger charge is -2.15. The van der Waals surface area contributed by atoms with E-state index in [-0.39, 0.29) is 9.79 Å². The van der Waals surface area contributed by atoms with Gasteiger partial charge in [0.05, 0.1) is 15.5 Å². The lowest BCUT2D eigenvalue weighted by atomic mass is 10.1. The van der Waals surface area contributed by atoms with E-state index in [0.29, 0.717) is 11.6 Å². The molecule has 0 saturated heterocycles. The number of sulfone groups is 2. The first-order chi connectivity index (χ1) is 9.68. The normalized spacial score (nSPS) is 17.0. The van der Waals surface area contributed by atoms with Gasteiger partial charge >= 0.3 is 0 Å². The van der Waals surface area contributed by atoms with Gasteiger partial charge in [-0.05, 0) is 37.0 Å². The predicted octanol–water partition coefficient (Wildman–Crippen LogP) is 2.10. The van der Waals surface area contributed by atoms with Gasteiger partial charge in [-0.1, -0.05) is 12.8 Å². The monoisotopic (exact) mass is 331 g/mol. The van der Waals surface area contributed by atoms with Gasteiger partial charge in [-0.15, -0.1) is 0 Å². The number of anilines is 1. The van der Waals surface area contributed by atoms with E-state index in [4.69, 9.17) is 0 Å². The molecule has 1 aliphatic rings. The van der Waals surface area contributed by atoms with Crippen molar-refractivity contribution in [3.63, 3.8) is 0 Å². The molecular weight excluding hydrogens is 310 g/mol. The maximum atomic E-state index is 11.9. The number of hydrogen-bond donors (Lipinski definition) is 1.